The summed E-state index contributed by atoms with van der Waals surface area (Å²) in [5.74, 6) is -0.418. The molecule has 0 aliphatic carbocycles. The van der Waals surface area contributed by atoms with Crippen molar-refractivity contribution in [2.45, 2.75) is 13.2 Å². The lowest BCUT2D eigenvalue weighted by Crippen LogP contribution is -2.07. The van der Waals surface area contributed by atoms with Crippen molar-refractivity contribution < 1.29 is 17.9 Å². The van der Waals surface area contributed by atoms with E-state index in [1.165, 1.54) is 24.3 Å². The molecule has 0 aliphatic rings. The van der Waals surface area contributed by atoms with Crippen LogP contribution in [0.1, 0.15) is 5.56 Å². The van der Waals surface area contributed by atoms with Gasteiger partial charge in [0.2, 0.25) is 0 Å². The molecule has 0 spiro atoms. The Balaban J connectivity index is 2.12. The SMILES string of the molecule is Fc1ccc(Cl)cc1CNc1ccccc1OC(F)F. The Hall–Kier alpha value is -1.88. The van der Waals surface area contributed by atoms with Crippen molar-refractivity contribution in [3.63, 3.8) is 0 Å². The van der Waals surface area contributed by atoms with Crippen molar-refractivity contribution in [2.75, 3.05) is 5.32 Å². The van der Waals surface area contributed by atoms with Crippen LogP contribution >= 0.6 is 11.6 Å². The lowest BCUT2D eigenvalue weighted by Gasteiger charge is -2.13. The maximum atomic E-state index is 13.5. The molecule has 0 atom stereocenters. The Kier molecular flexibility index (Phi) is 4.74. The topological polar surface area (TPSA) is 21.3 Å². The highest BCUT2D eigenvalue weighted by atomic mass is 35.5. The molecule has 2 nitrogen and oxygen atoms in total. The first-order valence-corrected chi connectivity index (χ1v) is 6.15. The van der Waals surface area contributed by atoms with Gasteiger partial charge in [0.25, 0.3) is 0 Å². The maximum absolute atomic E-state index is 13.5. The van der Waals surface area contributed by atoms with Gasteiger partial charge in [0.05, 0.1) is 5.69 Å². The summed E-state index contributed by atoms with van der Waals surface area (Å²) in [6.45, 7) is -2.81. The van der Waals surface area contributed by atoms with Crippen molar-refractivity contribution in [3.8, 4) is 5.75 Å². The van der Waals surface area contributed by atoms with E-state index in [1.807, 2.05) is 0 Å². The summed E-state index contributed by atoms with van der Waals surface area (Å²) in [6.07, 6.45) is 0. The van der Waals surface area contributed by atoms with Gasteiger partial charge in [-0.2, -0.15) is 8.78 Å². The molecule has 0 bridgehead atoms. The number of benzene rings is 2. The van der Waals surface area contributed by atoms with Gasteiger partial charge in [-0.1, -0.05) is 23.7 Å². The summed E-state index contributed by atoms with van der Waals surface area (Å²) in [4.78, 5) is 0. The molecule has 0 radical (unpaired) electrons. The van der Waals surface area contributed by atoms with Crippen LogP contribution in [0.5, 0.6) is 5.75 Å². The first-order chi connectivity index (χ1) is 9.56. The van der Waals surface area contributed by atoms with Crippen LogP contribution in [0, 0.1) is 5.82 Å². The summed E-state index contributed by atoms with van der Waals surface area (Å²) < 4.78 is 42.4. The fraction of sp³-hybridized carbons (Fsp3) is 0.143. The summed E-state index contributed by atoms with van der Waals surface area (Å²) in [5, 5.41) is 3.25. The number of hydrogen-bond donors (Lipinski definition) is 1. The standard InChI is InChI=1S/C14H11ClF3NO/c15-10-5-6-11(16)9(7-10)8-19-12-3-1-2-4-13(12)20-14(17)18/h1-7,14,19H,8H2. The van der Waals surface area contributed by atoms with Crippen LogP contribution < -0.4 is 10.1 Å². The van der Waals surface area contributed by atoms with E-state index < -0.39 is 12.4 Å². The van der Waals surface area contributed by atoms with Gasteiger partial charge in [-0.25, -0.2) is 4.39 Å². The predicted molar refractivity (Wildman–Crippen MR) is 71.8 cm³/mol. The predicted octanol–water partition coefficient (Wildman–Crippen LogP) is 4.69. The zero-order valence-corrected chi connectivity index (χ0v) is 11.0. The van der Waals surface area contributed by atoms with Gasteiger partial charge in [-0.3, -0.25) is 0 Å². The first kappa shape index (κ1) is 14.5. The van der Waals surface area contributed by atoms with E-state index in [0.717, 1.165) is 0 Å². The maximum Gasteiger partial charge on any atom is 0.387 e. The van der Waals surface area contributed by atoms with Crippen LogP contribution in [0.4, 0.5) is 18.9 Å². The molecule has 106 valence electrons. The van der Waals surface area contributed by atoms with Gasteiger partial charge in [-0.05, 0) is 30.3 Å². The van der Waals surface area contributed by atoms with E-state index in [-0.39, 0.29) is 12.3 Å². The van der Waals surface area contributed by atoms with Gasteiger partial charge in [0.1, 0.15) is 11.6 Å². The molecule has 0 saturated heterocycles. The minimum Gasteiger partial charge on any atom is -0.433 e. The van der Waals surface area contributed by atoms with E-state index in [2.05, 4.69) is 10.1 Å². The third-order valence-corrected chi connectivity index (χ3v) is 2.82. The number of ether oxygens (including phenoxy) is 1. The number of para-hydroxylation sites is 2. The van der Waals surface area contributed by atoms with Gasteiger partial charge in [-0.15, -0.1) is 0 Å². The van der Waals surface area contributed by atoms with E-state index in [0.29, 0.717) is 16.3 Å². The Morgan fingerprint density at radius 3 is 2.65 bits per heavy atom. The molecule has 0 fully saturated rings. The highest BCUT2D eigenvalue weighted by Crippen LogP contribution is 2.26. The molecule has 2 aromatic rings. The van der Waals surface area contributed by atoms with Gasteiger partial charge in [0.15, 0.2) is 0 Å². The van der Waals surface area contributed by atoms with Crippen molar-refractivity contribution in [1.82, 2.24) is 0 Å². The largest absolute Gasteiger partial charge is 0.433 e. The van der Waals surface area contributed by atoms with Crippen LogP contribution in [0.25, 0.3) is 0 Å². The molecule has 2 rings (SSSR count). The van der Waals surface area contributed by atoms with Crippen molar-refractivity contribution in [2.24, 2.45) is 0 Å². The third-order valence-electron chi connectivity index (χ3n) is 2.58. The van der Waals surface area contributed by atoms with Gasteiger partial charge in [0, 0.05) is 17.1 Å². The molecular weight excluding hydrogens is 291 g/mol. The quantitative estimate of drug-likeness (QED) is 0.865. The van der Waals surface area contributed by atoms with Crippen molar-refractivity contribution in [1.29, 1.82) is 0 Å². The lowest BCUT2D eigenvalue weighted by atomic mass is 10.2. The lowest BCUT2D eigenvalue weighted by molar-refractivity contribution is -0.0493. The molecule has 2 aromatic carbocycles. The second-order valence-corrected chi connectivity index (χ2v) is 4.40. The monoisotopic (exact) mass is 301 g/mol. The number of nitrogens with one attached hydrogen (secondary N) is 1. The minimum absolute atomic E-state index is 0.00457. The smallest absolute Gasteiger partial charge is 0.387 e. The highest BCUT2D eigenvalue weighted by Gasteiger charge is 2.09. The van der Waals surface area contributed by atoms with Gasteiger partial charge < -0.3 is 10.1 Å². The molecule has 1 N–H and O–H groups in total. The summed E-state index contributed by atoms with van der Waals surface area (Å²) in [5.41, 5.74) is 0.691. The van der Waals surface area contributed by atoms with E-state index >= 15 is 0 Å². The van der Waals surface area contributed by atoms with Crippen LogP contribution in [-0.2, 0) is 6.54 Å². The number of hydrogen-bond acceptors (Lipinski definition) is 2. The zero-order valence-electron chi connectivity index (χ0n) is 10.2. The second kappa shape index (κ2) is 6.52. The number of halogens is 4. The molecule has 0 unspecified atom stereocenters. The van der Waals surface area contributed by atoms with Crippen LogP contribution in [0.2, 0.25) is 5.02 Å². The average Bonchev–Trinajstić information content (AvgIpc) is 2.41. The summed E-state index contributed by atoms with van der Waals surface area (Å²) in [6, 6.07) is 10.4. The number of alkyl halides is 2. The molecule has 6 heteroatoms. The van der Waals surface area contributed by atoms with Gasteiger partial charge >= 0.3 is 6.61 Å². The molecule has 0 aliphatic heterocycles. The van der Waals surface area contributed by atoms with E-state index in [9.17, 15) is 13.2 Å². The molecular formula is C14H11ClF3NO. The highest BCUT2D eigenvalue weighted by molar-refractivity contribution is 6.30. The molecule has 0 saturated carbocycles. The van der Waals surface area contributed by atoms with E-state index in [4.69, 9.17) is 11.6 Å². The Bertz CT molecular complexity index is 592. The average molecular weight is 302 g/mol. The Morgan fingerprint density at radius 2 is 1.90 bits per heavy atom. The molecule has 0 aromatic heterocycles. The minimum atomic E-state index is -2.92. The Morgan fingerprint density at radius 1 is 1.15 bits per heavy atom. The fourth-order valence-electron chi connectivity index (χ4n) is 1.68. The van der Waals surface area contributed by atoms with Crippen molar-refractivity contribution >= 4 is 17.3 Å². The normalized spacial score (nSPS) is 10.7. The molecule has 0 amide bonds. The van der Waals surface area contributed by atoms with Crippen LogP contribution in [0.3, 0.4) is 0 Å². The Labute approximate surface area is 119 Å². The van der Waals surface area contributed by atoms with Crippen LogP contribution in [-0.4, -0.2) is 6.61 Å². The van der Waals surface area contributed by atoms with Crippen molar-refractivity contribution in [3.05, 3.63) is 58.9 Å². The zero-order chi connectivity index (χ0) is 14.5. The fourth-order valence-corrected chi connectivity index (χ4v) is 1.88. The molecule has 20 heavy (non-hydrogen) atoms. The third kappa shape index (κ3) is 3.81. The van der Waals surface area contributed by atoms with Crippen LogP contribution in [0.15, 0.2) is 42.5 Å². The van der Waals surface area contributed by atoms with E-state index in [1.54, 1.807) is 18.2 Å². The summed E-state index contributed by atoms with van der Waals surface area (Å²) in [7, 11) is 0. The summed E-state index contributed by atoms with van der Waals surface area (Å²) >= 11 is 5.78. The second-order valence-electron chi connectivity index (χ2n) is 3.96. The first-order valence-electron chi connectivity index (χ1n) is 5.78. The molecule has 0 heterocycles. The number of anilines is 1. The number of rotatable bonds is 5.